The van der Waals surface area contributed by atoms with Crippen LogP contribution in [0.4, 0.5) is 0 Å². The van der Waals surface area contributed by atoms with Gasteiger partial charge in [-0.25, -0.2) is 0 Å². The molecule has 1 unspecified atom stereocenters. The standard InChI is InChI=1S/C19H25NO2/c1-3-22-14-19-9-5-4-8-18(19)12-20-15(2)17-10-6-7-16(11-17)13-21/h4-11,15,20-21H,3,12-14H2,1-2H3. The van der Waals surface area contributed by atoms with Gasteiger partial charge in [0.05, 0.1) is 13.2 Å². The van der Waals surface area contributed by atoms with Gasteiger partial charge >= 0.3 is 0 Å². The predicted octanol–water partition coefficient (Wildman–Crippen LogP) is 3.57. The number of aliphatic hydroxyl groups excluding tert-OH is 1. The molecule has 3 nitrogen and oxygen atoms in total. The van der Waals surface area contributed by atoms with E-state index in [2.05, 4.69) is 36.5 Å². The molecule has 0 aliphatic heterocycles. The van der Waals surface area contributed by atoms with Crippen molar-refractivity contribution >= 4 is 0 Å². The normalized spacial score (nSPS) is 12.3. The molecular formula is C19H25NO2. The molecule has 2 aromatic rings. The van der Waals surface area contributed by atoms with Gasteiger partial charge in [-0.2, -0.15) is 0 Å². The Hall–Kier alpha value is -1.68. The summed E-state index contributed by atoms with van der Waals surface area (Å²) in [6.07, 6.45) is 0. The quantitative estimate of drug-likeness (QED) is 0.783. The lowest BCUT2D eigenvalue weighted by atomic mass is 10.0. The minimum absolute atomic E-state index is 0.0811. The number of hydrogen-bond donors (Lipinski definition) is 2. The summed E-state index contributed by atoms with van der Waals surface area (Å²) in [6.45, 7) is 6.42. The number of rotatable bonds is 8. The molecule has 0 radical (unpaired) electrons. The smallest absolute Gasteiger partial charge is 0.0719 e. The van der Waals surface area contributed by atoms with Crippen molar-refractivity contribution in [3.63, 3.8) is 0 Å². The van der Waals surface area contributed by atoms with Crippen molar-refractivity contribution in [2.24, 2.45) is 0 Å². The van der Waals surface area contributed by atoms with Gasteiger partial charge in [0.2, 0.25) is 0 Å². The fraction of sp³-hybridized carbons (Fsp3) is 0.368. The van der Waals surface area contributed by atoms with Crippen molar-refractivity contribution in [2.45, 2.75) is 39.6 Å². The van der Waals surface area contributed by atoms with Crippen LogP contribution in [0.2, 0.25) is 0 Å². The van der Waals surface area contributed by atoms with E-state index in [-0.39, 0.29) is 12.6 Å². The maximum Gasteiger partial charge on any atom is 0.0719 e. The van der Waals surface area contributed by atoms with E-state index in [1.54, 1.807) is 0 Å². The molecule has 0 amide bonds. The van der Waals surface area contributed by atoms with Crippen molar-refractivity contribution in [3.05, 3.63) is 70.8 Å². The molecule has 0 bridgehead atoms. The summed E-state index contributed by atoms with van der Waals surface area (Å²) in [6, 6.07) is 16.6. The number of hydrogen-bond acceptors (Lipinski definition) is 3. The summed E-state index contributed by atoms with van der Waals surface area (Å²) in [5, 5.41) is 12.8. The number of aliphatic hydroxyl groups is 1. The Kier molecular flexibility index (Phi) is 6.59. The molecule has 0 aromatic heterocycles. The minimum atomic E-state index is 0.0811. The second kappa shape index (κ2) is 8.69. The van der Waals surface area contributed by atoms with E-state index in [0.717, 1.165) is 18.7 Å². The van der Waals surface area contributed by atoms with Gasteiger partial charge in [-0.05, 0) is 36.1 Å². The van der Waals surface area contributed by atoms with E-state index in [9.17, 15) is 5.11 Å². The highest BCUT2D eigenvalue weighted by molar-refractivity contribution is 5.28. The van der Waals surface area contributed by atoms with Gasteiger partial charge < -0.3 is 15.2 Å². The second-order valence-electron chi connectivity index (χ2n) is 5.41. The molecule has 2 rings (SSSR count). The molecule has 3 heteroatoms. The predicted molar refractivity (Wildman–Crippen MR) is 89.4 cm³/mol. The Labute approximate surface area is 133 Å². The molecule has 0 saturated heterocycles. The first-order valence-corrected chi connectivity index (χ1v) is 7.82. The number of ether oxygens (including phenoxy) is 1. The van der Waals surface area contributed by atoms with Gasteiger partial charge in [-0.3, -0.25) is 0 Å². The lowest BCUT2D eigenvalue weighted by molar-refractivity contribution is 0.133. The fourth-order valence-electron chi connectivity index (χ4n) is 2.42. The van der Waals surface area contributed by atoms with Crippen LogP contribution < -0.4 is 5.32 Å². The molecule has 0 fully saturated rings. The Bertz CT molecular complexity index is 583. The van der Waals surface area contributed by atoms with Crippen LogP contribution in [0.15, 0.2) is 48.5 Å². The minimum Gasteiger partial charge on any atom is -0.392 e. The summed E-state index contributed by atoms with van der Waals surface area (Å²) < 4.78 is 5.53. The van der Waals surface area contributed by atoms with Crippen LogP contribution in [-0.2, 0) is 24.5 Å². The topological polar surface area (TPSA) is 41.5 Å². The molecule has 22 heavy (non-hydrogen) atoms. The van der Waals surface area contributed by atoms with E-state index in [0.29, 0.717) is 6.61 Å². The molecule has 0 spiro atoms. The largest absolute Gasteiger partial charge is 0.392 e. The third-order valence-electron chi connectivity index (χ3n) is 3.81. The van der Waals surface area contributed by atoms with Crippen LogP contribution in [-0.4, -0.2) is 11.7 Å². The molecule has 0 aliphatic carbocycles. The highest BCUT2D eigenvalue weighted by Crippen LogP contribution is 2.16. The van der Waals surface area contributed by atoms with Crippen LogP contribution in [0.3, 0.4) is 0 Å². The Morgan fingerprint density at radius 2 is 1.86 bits per heavy atom. The van der Waals surface area contributed by atoms with Gasteiger partial charge in [-0.15, -0.1) is 0 Å². The summed E-state index contributed by atoms with van der Waals surface area (Å²) >= 11 is 0. The van der Waals surface area contributed by atoms with E-state index in [4.69, 9.17) is 4.74 Å². The van der Waals surface area contributed by atoms with Gasteiger partial charge in [0.15, 0.2) is 0 Å². The van der Waals surface area contributed by atoms with E-state index >= 15 is 0 Å². The third-order valence-corrected chi connectivity index (χ3v) is 3.81. The van der Waals surface area contributed by atoms with Crippen LogP contribution in [0.25, 0.3) is 0 Å². The summed E-state index contributed by atoms with van der Waals surface area (Å²) in [7, 11) is 0. The molecule has 0 aliphatic rings. The third kappa shape index (κ3) is 4.67. The number of benzene rings is 2. The lowest BCUT2D eigenvalue weighted by Crippen LogP contribution is -2.19. The fourth-order valence-corrected chi connectivity index (χ4v) is 2.42. The van der Waals surface area contributed by atoms with Gasteiger partial charge in [0.1, 0.15) is 0 Å². The van der Waals surface area contributed by atoms with Crippen molar-refractivity contribution < 1.29 is 9.84 Å². The summed E-state index contributed by atoms with van der Waals surface area (Å²) in [5.41, 5.74) is 4.63. The number of nitrogens with one attached hydrogen (secondary N) is 1. The molecular weight excluding hydrogens is 274 g/mol. The average Bonchev–Trinajstić information content (AvgIpc) is 2.58. The van der Waals surface area contributed by atoms with Crippen LogP contribution >= 0.6 is 0 Å². The first-order chi connectivity index (χ1) is 10.7. The molecule has 2 aromatic carbocycles. The Morgan fingerprint density at radius 3 is 2.59 bits per heavy atom. The van der Waals surface area contributed by atoms with Crippen molar-refractivity contribution in [1.29, 1.82) is 0 Å². The van der Waals surface area contributed by atoms with Crippen LogP contribution in [0, 0.1) is 0 Å². The molecule has 1 atom stereocenters. The molecule has 0 heterocycles. The molecule has 2 N–H and O–H groups in total. The summed E-state index contributed by atoms with van der Waals surface area (Å²) in [4.78, 5) is 0. The lowest BCUT2D eigenvalue weighted by Gasteiger charge is -2.17. The van der Waals surface area contributed by atoms with Crippen LogP contribution in [0.1, 0.15) is 42.1 Å². The zero-order chi connectivity index (χ0) is 15.8. The first-order valence-electron chi connectivity index (χ1n) is 7.82. The maximum absolute atomic E-state index is 9.24. The monoisotopic (exact) mass is 299 g/mol. The average molecular weight is 299 g/mol. The maximum atomic E-state index is 9.24. The van der Waals surface area contributed by atoms with E-state index < -0.39 is 0 Å². The van der Waals surface area contributed by atoms with Gasteiger partial charge in [0, 0.05) is 19.2 Å². The van der Waals surface area contributed by atoms with Crippen molar-refractivity contribution in [2.75, 3.05) is 6.61 Å². The van der Waals surface area contributed by atoms with Crippen molar-refractivity contribution in [1.82, 2.24) is 5.32 Å². The Balaban J connectivity index is 2.00. The Morgan fingerprint density at radius 1 is 1.09 bits per heavy atom. The molecule has 0 saturated carbocycles. The SMILES string of the molecule is CCOCc1ccccc1CNC(C)c1cccc(CO)c1. The van der Waals surface area contributed by atoms with Gasteiger partial charge in [0.25, 0.3) is 0 Å². The second-order valence-corrected chi connectivity index (χ2v) is 5.41. The zero-order valence-corrected chi connectivity index (χ0v) is 13.4. The van der Waals surface area contributed by atoms with Crippen LogP contribution in [0.5, 0.6) is 0 Å². The van der Waals surface area contributed by atoms with Crippen molar-refractivity contribution in [3.8, 4) is 0 Å². The zero-order valence-electron chi connectivity index (χ0n) is 13.4. The van der Waals surface area contributed by atoms with E-state index in [1.165, 1.54) is 16.7 Å². The highest BCUT2D eigenvalue weighted by Gasteiger charge is 2.07. The first kappa shape index (κ1) is 16.7. The van der Waals surface area contributed by atoms with Gasteiger partial charge in [-0.1, -0.05) is 48.5 Å². The molecule has 118 valence electrons. The van der Waals surface area contributed by atoms with E-state index in [1.807, 2.05) is 31.2 Å². The highest BCUT2D eigenvalue weighted by atomic mass is 16.5. The summed E-state index contributed by atoms with van der Waals surface area (Å²) in [5.74, 6) is 0.